The second-order valence-corrected chi connectivity index (χ2v) is 2.25. The van der Waals surface area contributed by atoms with Gasteiger partial charge in [0.1, 0.15) is 0 Å². The molecule has 0 radical (unpaired) electrons. The van der Waals surface area contributed by atoms with Gasteiger partial charge >= 0.3 is 24.8 Å². The Labute approximate surface area is 81.4 Å². The van der Waals surface area contributed by atoms with Crippen molar-refractivity contribution in [2.45, 2.75) is 0 Å². The fourth-order valence-electron chi connectivity index (χ4n) is 0.592. The molecule has 0 aliphatic carbocycles. The van der Waals surface area contributed by atoms with E-state index >= 15 is 0 Å². The molecule has 0 spiro atoms. The molecule has 54 valence electrons. The Balaban J connectivity index is 0.000001000. The summed E-state index contributed by atoms with van der Waals surface area (Å²) in [5.74, 6) is -0.934. The average Bonchev–Trinajstić information content (AvgIpc) is 1.88. The van der Waals surface area contributed by atoms with Crippen molar-refractivity contribution in [2.75, 3.05) is 0 Å². The van der Waals surface area contributed by atoms with E-state index in [2.05, 4.69) is 0 Å². The van der Waals surface area contributed by atoms with Crippen LogP contribution in [0, 0.1) is 0 Å². The van der Waals surface area contributed by atoms with Crippen LogP contribution in [0.15, 0.2) is 24.3 Å². The Bertz CT molecular complexity index is 245. The summed E-state index contributed by atoms with van der Waals surface area (Å²) in [6.45, 7) is 0. The van der Waals surface area contributed by atoms with Gasteiger partial charge in [-0.05, 0) is 24.3 Å². The van der Waals surface area contributed by atoms with Crippen LogP contribution in [0.5, 0.6) is 0 Å². The van der Waals surface area contributed by atoms with Crippen LogP contribution in [0.2, 0.25) is 5.02 Å². The molecule has 0 atom stereocenters. The molecule has 0 unspecified atom stereocenters. The van der Waals surface area contributed by atoms with E-state index in [1.165, 1.54) is 12.1 Å². The molecule has 1 rings (SSSR count). The summed E-state index contributed by atoms with van der Waals surface area (Å²) in [6.07, 6.45) is 0. The van der Waals surface area contributed by atoms with Gasteiger partial charge < -0.3 is 5.11 Å². The molecule has 0 bridgehead atoms. The Kier molecular flexibility index (Phi) is 4.28. The summed E-state index contributed by atoms with van der Waals surface area (Å²) in [4.78, 5) is 10.3. The molecule has 0 aliphatic rings. The Hall–Kier alpha value is -0.423. The van der Waals surface area contributed by atoms with Crippen LogP contribution in [-0.2, 0) is 0 Å². The number of hydrogen-bond acceptors (Lipinski definition) is 1. The molecular weight excluding hydrogens is 158 g/mol. The number of carbonyl (C=O) groups is 1. The van der Waals surface area contributed by atoms with Gasteiger partial charge in [-0.15, -0.1) is 0 Å². The van der Waals surface area contributed by atoms with Gasteiger partial charge in [-0.2, -0.15) is 0 Å². The van der Waals surface area contributed by atoms with E-state index in [0.29, 0.717) is 5.02 Å². The van der Waals surface area contributed by atoms with E-state index in [1.54, 1.807) is 12.1 Å². The maximum absolute atomic E-state index is 10.3. The third-order valence-electron chi connectivity index (χ3n) is 1.09. The molecule has 0 amide bonds. The van der Waals surface area contributed by atoms with E-state index in [4.69, 9.17) is 16.7 Å². The molecule has 0 heterocycles. The van der Waals surface area contributed by atoms with Gasteiger partial charge in [-0.1, -0.05) is 11.6 Å². The van der Waals surface area contributed by atoms with Crippen molar-refractivity contribution in [3.05, 3.63) is 34.9 Å². The number of halogens is 1. The van der Waals surface area contributed by atoms with Crippen molar-refractivity contribution in [1.82, 2.24) is 0 Å². The first-order chi connectivity index (χ1) is 4.70. The van der Waals surface area contributed by atoms with Gasteiger partial charge in [-0.3, -0.25) is 0 Å². The third-order valence-corrected chi connectivity index (χ3v) is 1.34. The Morgan fingerprint density at radius 1 is 1.27 bits per heavy atom. The van der Waals surface area contributed by atoms with Crippen LogP contribution in [0.4, 0.5) is 0 Å². The summed E-state index contributed by atoms with van der Waals surface area (Å²) in [5.41, 5.74) is 0.254. The number of benzene rings is 1. The van der Waals surface area contributed by atoms with Gasteiger partial charge in [0, 0.05) is 5.02 Å². The maximum atomic E-state index is 10.3. The zero-order chi connectivity index (χ0) is 7.56. The van der Waals surface area contributed by atoms with Crippen molar-refractivity contribution < 1.29 is 9.90 Å². The summed E-state index contributed by atoms with van der Waals surface area (Å²) >= 11 is 5.52. The quantitative estimate of drug-likeness (QED) is 0.637. The second kappa shape index (κ2) is 4.45. The molecule has 0 saturated carbocycles. The van der Waals surface area contributed by atoms with Crippen molar-refractivity contribution in [3.63, 3.8) is 0 Å². The number of hydrogen-bond donors (Lipinski definition) is 1. The standard InChI is InChI=1S/C7H5ClO2.Li.H/c8-6-3-1-5(2-4-6)7(9)10;;/h1-4H,(H,9,10);;. The van der Waals surface area contributed by atoms with Gasteiger partial charge in [0.05, 0.1) is 5.56 Å². The minimum atomic E-state index is -0.934. The van der Waals surface area contributed by atoms with Crippen molar-refractivity contribution in [3.8, 4) is 0 Å². The van der Waals surface area contributed by atoms with Gasteiger partial charge in [-0.25, -0.2) is 4.79 Å². The normalized spacial score (nSPS) is 8.45. The van der Waals surface area contributed by atoms with Crippen LogP contribution in [0.3, 0.4) is 0 Å². The molecular formula is C7H6ClLiO2. The van der Waals surface area contributed by atoms with E-state index in [0.717, 1.165) is 0 Å². The fourth-order valence-corrected chi connectivity index (χ4v) is 0.718. The SMILES string of the molecule is O=C(O)c1ccc(Cl)cc1.[LiH]. The molecule has 1 aromatic rings. The molecule has 0 saturated heterocycles. The van der Waals surface area contributed by atoms with E-state index in [1.807, 2.05) is 0 Å². The van der Waals surface area contributed by atoms with Crippen LogP contribution in [0.25, 0.3) is 0 Å². The summed E-state index contributed by atoms with van der Waals surface area (Å²) in [5, 5.41) is 8.98. The second-order valence-electron chi connectivity index (χ2n) is 1.81. The minimum absolute atomic E-state index is 0. The third kappa shape index (κ3) is 2.98. The van der Waals surface area contributed by atoms with Crippen LogP contribution >= 0.6 is 11.6 Å². The fraction of sp³-hybridized carbons (Fsp3) is 0. The van der Waals surface area contributed by atoms with Crippen LogP contribution < -0.4 is 0 Å². The molecule has 1 aromatic carbocycles. The summed E-state index contributed by atoms with van der Waals surface area (Å²) in [7, 11) is 0. The van der Waals surface area contributed by atoms with Crippen molar-refractivity contribution >= 4 is 36.4 Å². The molecule has 1 N–H and O–H groups in total. The van der Waals surface area contributed by atoms with E-state index in [9.17, 15) is 4.79 Å². The molecule has 11 heavy (non-hydrogen) atoms. The van der Waals surface area contributed by atoms with Crippen LogP contribution in [-0.4, -0.2) is 29.9 Å². The first kappa shape index (κ1) is 10.6. The Morgan fingerprint density at radius 2 is 1.73 bits per heavy atom. The van der Waals surface area contributed by atoms with Crippen molar-refractivity contribution in [2.24, 2.45) is 0 Å². The molecule has 0 aromatic heterocycles. The van der Waals surface area contributed by atoms with Crippen molar-refractivity contribution in [1.29, 1.82) is 0 Å². The zero-order valence-electron chi connectivity index (χ0n) is 5.04. The molecule has 0 fully saturated rings. The monoisotopic (exact) mass is 164 g/mol. The number of carboxylic acid groups (broad SMARTS) is 1. The zero-order valence-corrected chi connectivity index (χ0v) is 5.80. The van der Waals surface area contributed by atoms with Gasteiger partial charge in [0.25, 0.3) is 0 Å². The Morgan fingerprint density at radius 3 is 2.09 bits per heavy atom. The molecule has 2 nitrogen and oxygen atoms in total. The summed E-state index contributed by atoms with van der Waals surface area (Å²) < 4.78 is 0. The predicted molar refractivity (Wildman–Crippen MR) is 45.6 cm³/mol. The number of rotatable bonds is 1. The van der Waals surface area contributed by atoms with E-state index < -0.39 is 5.97 Å². The predicted octanol–water partition coefficient (Wildman–Crippen LogP) is 1.39. The first-order valence-corrected chi connectivity index (χ1v) is 3.07. The van der Waals surface area contributed by atoms with Crippen LogP contribution in [0.1, 0.15) is 10.4 Å². The molecule has 4 heteroatoms. The number of carboxylic acids is 1. The topological polar surface area (TPSA) is 37.3 Å². The first-order valence-electron chi connectivity index (χ1n) is 2.69. The average molecular weight is 165 g/mol. The van der Waals surface area contributed by atoms with Gasteiger partial charge in [0.15, 0.2) is 0 Å². The molecule has 0 aliphatic heterocycles. The van der Waals surface area contributed by atoms with Gasteiger partial charge in [0.2, 0.25) is 0 Å². The van der Waals surface area contributed by atoms with E-state index in [-0.39, 0.29) is 24.4 Å². The number of aromatic carboxylic acids is 1. The summed E-state index contributed by atoms with van der Waals surface area (Å²) in [6, 6.07) is 6.02.